The predicted molar refractivity (Wildman–Crippen MR) is 122 cm³/mol. The highest BCUT2D eigenvalue weighted by Gasteiger charge is 1.94. The first-order chi connectivity index (χ1) is 13.3. The second kappa shape index (κ2) is 22.3. The van der Waals surface area contributed by atoms with Crippen molar-refractivity contribution in [2.24, 2.45) is 0 Å². The van der Waals surface area contributed by atoms with Crippen LogP contribution in [0, 0.1) is 0 Å². The Morgan fingerprint density at radius 3 is 1.52 bits per heavy atom. The van der Waals surface area contributed by atoms with Gasteiger partial charge in [0, 0.05) is 0 Å². The molecule has 0 saturated carbocycles. The zero-order valence-corrected chi connectivity index (χ0v) is 17.6. The summed E-state index contributed by atoms with van der Waals surface area (Å²) in [7, 11) is 0. The van der Waals surface area contributed by atoms with Crippen LogP contribution in [0.15, 0.2) is 72.9 Å². The molecule has 0 spiro atoms. The number of thioether (sulfide) groups is 1. The predicted octanol–water partition coefficient (Wildman–Crippen LogP) is 7.28. The van der Waals surface area contributed by atoms with E-state index >= 15 is 0 Å². The molecule has 0 aliphatic carbocycles. The molecule has 0 rings (SSSR count). The summed E-state index contributed by atoms with van der Waals surface area (Å²) in [6, 6.07) is 0. The minimum Gasteiger partial charge on any atom is -0.481 e. The van der Waals surface area contributed by atoms with Gasteiger partial charge in [0.25, 0.3) is 0 Å². The fraction of sp³-hybridized carbons (Fsp3) is 0.458. The van der Waals surface area contributed by atoms with Gasteiger partial charge in [-0.25, -0.2) is 0 Å². The summed E-state index contributed by atoms with van der Waals surface area (Å²) in [4.78, 5) is 10.4. The van der Waals surface area contributed by atoms with Gasteiger partial charge in [0.05, 0.1) is 5.75 Å². The lowest BCUT2D eigenvalue weighted by atomic mass is 10.2. The largest absolute Gasteiger partial charge is 0.481 e. The average Bonchev–Trinajstić information content (AvgIpc) is 2.65. The van der Waals surface area contributed by atoms with Crippen molar-refractivity contribution in [1.29, 1.82) is 0 Å². The third-order valence-electron chi connectivity index (χ3n) is 3.48. The van der Waals surface area contributed by atoms with E-state index in [0.717, 1.165) is 57.1 Å². The van der Waals surface area contributed by atoms with Crippen molar-refractivity contribution in [2.75, 3.05) is 11.5 Å². The van der Waals surface area contributed by atoms with E-state index in [1.165, 1.54) is 11.8 Å². The van der Waals surface area contributed by atoms with E-state index in [0.29, 0.717) is 0 Å². The summed E-state index contributed by atoms with van der Waals surface area (Å²) in [5.74, 6) is 0.399. The van der Waals surface area contributed by atoms with Crippen molar-refractivity contribution < 1.29 is 9.90 Å². The highest BCUT2D eigenvalue weighted by molar-refractivity contribution is 7.99. The van der Waals surface area contributed by atoms with E-state index in [2.05, 4.69) is 79.8 Å². The van der Waals surface area contributed by atoms with Gasteiger partial charge in [-0.3, -0.25) is 4.79 Å². The first-order valence-electron chi connectivity index (χ1n) is 9.96. The van der Waals surface area contributed by atoms with Crippen molar-refractivity contribution in [3.05, 3.63) is 72.9 Å². The molecular formula is C24H36O2S. The molecule has 0 saturated heterocycles. The Balaban J connectivity index is 3.47. The molecule has 0 aliphatic heterocycles. The lowest BCUT2D eigenvalue weighted by Gasteiger charge is -1.95. The molecule has 0 aromatic carbocycles. The molecule has 0 amide bonds. The Morgan fingerprint density at radius 1 is 0.704 bits per heavy atom. The minimum absolute atomic E-state index is 0.212. The van der Waals surface area contributed by atoms with Gasteiger partial charge in [-0.2, -0.15) is 11.8 Å². The van der Waals surface area contributed by atoms with E-state index in [1.54, 1.807) is 0 Å². The molecule has 0 fully saturated rings. The van der Waals surface area contributed by atoms with Crippen LogP contribution in [0.3, 0.4) is 0 Å². The molecule has 3 heteroatoms. The number of hydrogen-bond acceptors (Lipinski definition) is 2. The summed E-state index contributed by atoms with van der Waals surface area (Å²) < 4.78 is 0. The Kier molecular flexibility index (Phi) is 20.9. The fourth-order valence-electron chi connectivity index (χ4n) is 2.10. The number of allylic oxidation sites excluding steroid dienone is 12. The molecule has 0 aromatic rings. The normalized spacial score (nSPS) is 12.9. The number of carboxylic acid groups (broad SMARTS) is 1. The van der Waals surface area contributed by atoms with Crippen LogP contribution in [0.1, 0.15) is 58.3 Å². The van der Waals surface area contributed by atoms with Crippen molar-refractivity contribution in [2.45, 2.75) is 58.3 Å². The van der Waals surface area contributed by atoms with E-state index < -0.39 is 5.97 Å². The van der Waals surface area contributed by atoms with Gasteiger partial charge in [0.2, 0.25) is 0 Å². The van der Waals surface area contributed by atoms with Gasteiger partial charge < -0.3 is 5.11 Å². The van der Waals surface area contributed by atoms with Gasteiger partial charge in [-0.15, -0.1) is 0 Å². The number of aliphatic carboxylic acids is 1. The molecular weight excluding hydrogens is 352 g/mol. The standard InChI is InChI=1S/C24H36O2S/c1-2-3-4-5-6-7-8-9-10-11-12-13-14-15-16-17-18-19-20-21-22-27-23-24(25)26/h3-4,6-7,9-10,12-13,15-16,18-19H,2,5,8,11,14,17,20-23H2,1H3,(H,25,26)/b4-3-,7-6-,10-9-,13-12-,16-15-,19-18-. The molecule has 0 aliphatic rings. The highest BCUT2D eigenvalue weighted by atomic mass is 32.2. The van der Waals surface area contributed by atoms with E-state index in [4.69, 9.17) is 5.11 Å². The first kappa shape index (κ1) is 25.3. The second-order valence-electron chi connectivity index (χ2n) is 6.00. The third-order valence-corrected chi connectivity index (χ3v) is 4.51. The van der Waals surface area contributed by atoms with Gasteiger partial charge in [-0.1, -0.05) is 79.8 Å². The number of carboxylic acids is 1. The van der Waals surface area contributed by atoms with Crippen LogP contribution in [0.4, 0.5) is 0 Å². The Bertz CT molecular complexity index is 510. The SMILES string of the molecule is CC/C=C\C/C=C\C/C=C\C/C=C\C/C=C\C/C=C\CCCSCC(=O)O. The van der Waals surface area contributed by atoms with Crippen LogP contribution in [0.2, 0.25) is 0 Å². The van der Waals surface area contributed by atoms with E-state index in [9.17, 15) is 4.79 Å². The Hall–Kier alpha value is -1.74. The molecule has 1 N–H and O–H groups in total. The Morgan fingerprint density at radius 2 is 1.11 bits per heavy atom. The van der Waals surface area contributed by atoms with Crippen LogP contribution >= 0.6 is 11.8 Å². The third kappa shape index (κ3) is 24.3. The van der Waals surface area contributed by atoms with Crippen molar-refractivity contribution in [1.82, 2.24) is 0 Å². The number of hydrogen-bond donors (Lipinski definition) is 1. The smallest absolute Gasteiger partial charge is 0.313 e. The summed E-state index contributed by atoms with van der Waals surface area (Å²) >= 11 is 1.49. The summed E-state index contributed by atoms with van der Waals surface area (Å²) in [5, 5.41) is 8.52. The lowest BCUT2D eigenvalue weighted by Crippen LogP contribution is -1.98. The van der Waals surface area contributed by atoms with E-state index in [1.807, 2.05) is 0 Å². The van der Waals surface area contributed by atoms with Crippen LogP contribution in [0.25, 0.3) is 0 Å². The molecule has 150 valence electrons. The summed E-state index contributed by atoms with van der Waals surface area (Å²) in [6.07, 6.45) is 34.6. The van der Waals surface area contributed by atoms with E-state index in [-0.39, 0.29) is 5.75 Å². The lowest BCUT2D eigenvalue weighted by molar-refractivity contribution is -0.133. The molecule has 2 nitrogen and oxygen atoms in total. The number of carbonyl (C=O) groups is 1. The Labute approximate surface area is 170 Å². The topological polar surface area (TPSA) is 37.3 Å². The highest BCUT2D eigenvalue weighted by Crippen LogP contribution is 2.05. The minimum atomic E-state index is -0.728. The molecule has 0 bridgehead atoms. The van der Waals surface area contributed by atoms with Crippen molar-refractivity contribution in [3.63, 3.8) is 0 Å². The summed E-state index contributed by atoms with van der Waals surface area (Å²) in [6.45, 7) is 2.15. The average molecular weight is 389 g/mol. The van der Waals surface area contributed by atoms with Gasteiger partial charge in [0.1, 0.15) is 0 Å². The maximum atomic E-state index is 10.4. The van der Waals surface area contributed by atoms with Crippen molar-refractivity contribution >= 4 is 17.7 Å². The monoisotopic (exact) mass is 388 g/mol. The van der Waals surface area contributed by atoms with Crippen LogP contribution in [-0.4, -0.2) is 22.6 Å². The van der Waals surface area contributed by atoms with Crippen LogP contribution in [-0.2, 0) is 4.79 Å². The molecule has 27 heavy (non-hydrogen) atoms. The van der Waals surface area contributed by atoms with Crippen molar-refractivity contribution in [3.8, 4) is 0 Å². The van der Waals surface area contributed by atoms with Crippen LogP contribution < -0.4 is 0 Å². The molecule has 0 atom stereocenters. The maximum absolute atomic E-state index is 10.4. The molecule has 0 heterocycles. The number of unbranched alkanes of at least 4 members (excludes halogenated alkanes) is 1. The molecule has 0 radical (unpaired) electrons. The zero-order chi connectivity index (χ0) is 19.8. The quantitative estimate of drug-likeness (QED) is 0.210. The van der Waals surface area contributed by atoms with Crippen LogP contribution in [0.5, 0.6) is 0 Å². The van der Waals surface area contributed by atoms with Gasteiger partial charge >= 0.3 is 5.97 Å². The zero-order valence-electron chi connectivity index (χ0n) is 16.8. The first-order valence-corrected chi connectivity index (χ1v) is 11.1. The fourth-order valence-corrected chi connectivity index (χ4v) is 2.79. The van der Waals surface area contributed by atoms with Gasteiger partial charge in [-0.05, 0) is 57.1 Å². The van der Waals surface area contributed by atoms with Gasteiger partial charge in [0.15, 0.2) is 0 Å². The second-order valence-corrected chi connectivity index (χ2v) is 7.11. The maximum Gasteiger partial charge on any atom is 0.313 e. The molecule has 0 aromatic heterocycles. The molecule has 0 unspecified atom stereocenters. The summed E-state index contributed by atoms with van der Waals surface area (Å²) in [5.41, 5.74) is 0. The number of rotatable bonds is 17.